The number of aliphatic hydroxyl groups is 1. The Hall–Kier alpha value is -3.75. The number of ether oxygens (including phenoxy) is 2. The molecule has 38 heavy (non-hydrogen) atoms. The molecule has 198 valence electrons. The Morgan fingerprint density at radius 3 is 2.79 bits per heavy atom. The van der Waals surface area contributed by atoms with Gasteiger partial charge in [-0.2, -0.15) is 0 Å². The maximum absolute atomic E-state index is 14.5. The Labute approximate surface area is 221 Å². The van der Waals surface area contributed by atoms with Crippen LogP contribution in [0.25, 0.3) is 11.1 Å². The summed E-state index contributed by atoms with van der Waals surface area (Å²) in [4.78, 5) is 24.3. The number of rotatable bonds is 7. The summed E-state index contributed by atoms with van der Waals surface area (Å²) in [6.45, 7) is 3.22. The van der Waals surface area contributed by atoms with Crippen LogP contribution >= 0.6 is 0 Å². The van der Waals surface area contributed by atoms with Crippen LogP contribution in [0.1, 0.15) is 45.0 Å². The van der Waals surface area contributed by atoms with Crippen LogP contribution in [-0.4, -0.2) is 50.3 Å². The number of amides is 1. The molecule has 2 aliphatic rings. The predicted octanol–water partition coefficient (Wildman–Crippen LogP) is 3.60. The number of methoxy groups -OCH3 is 1. The summed E-state index contributed by atoms with van der Waals surface area (Å²) in [5, 5.41) is 15.1. The fraction of sp³-hybridized carbons (Fsp3) is 0.333. The van der Waals surface area contributed by atoms with Crippen LogP contribution in [0.4, 0.5) is 4.39 Å². The van der Waals surface area contributed by atoms with Crippen molar-refractivity contribution in [2.45, 2.75) is 31.3 Å². The van der Waals surface area contributed by atoms with Gasteiger partial charge in [0, 0.05) is 31.0 Å². The Morgan fingerprint density at radius 2 is 2.03 bits per heavy atom. The molecule has 1 fully saturated rings. The van der Waals surface area contributed by atoms with Gasteiger partial charge in [-0.05, 0) is 59.8 Å². The van der Waals surface area contributed by atoms with Crippen molar-refractivity contribution in [3.63, 3.8) is 0 Å². The van der Waals surface area contributed by atoms with Gasteiger partial charge in [0.05, 0.1) is 12.7 Å². The van der Waals surface area contributed by atoms with Gasteiger partial charge in [0.1, 0.15) is 12.2 Å². The van der Waals surface area contributed by atoms with Crippen molar-refractivity contribution in [2.24, 2.45) is 0 Å². The van der Waals surface area contributed by atoms with E-state index in [-0.39, 0.29) is 17.2 Å². The molecule has 0 aromatic heterocycles. The highest BCUT2D eigenvalue weighted by Crippen LogP contribution is 2.52. The van der Waals surface area contributed by atoms with Crippen LogP contribution in [0.15, 0.2) is 54.6 Å². The van der Waals surface area contributed by atoms with E-state index < -0.39 is 29.9 Å². The lowest BCUT2D eigenvalue weighted by molar-refractivity contribution is -0.123. The average Bonchev–Trinajstić information content (AvgIpc) is 3.18. The van der Waals surface area contributed by atoms with Gasteiger partial charge in [-0.15, -0.1) is 0 Å². The summed E-state index contributed by atoms with van der Waals surface area (Å²) in [6.07, 6.45) is 1.19. The van der Waals surface area contributed by atoms with Crippen LogP contribution in [0, 0.1) is 12.7 Å². The Kier molecular flexibility index (Phi) is 7.19. The van der Waals surface area contributed by atoms with Crippen LogP contribution < -0.4 is 15.4 Å². The van der Waals surface area contributed by atoms with Crippen molar-refractivity contribution < 1.29 is 28.6 Å². The van der Waals surface area contributed by atoms with Crippen LogP contribution in [-0.2, 0) is 21.6 Å². The molecule has 0 unspecified atom stereocenters. The number of benzene rings is 3. The van der Waals surface area contributed by atoms with Gasteiger partial charge in [-0.25, -0.2) is 9.18 Å². The molecule has 0 saturated carbocycles. The minimum atomic E-state index is -0.909. The van der Waals surface area contributed by atoms with Crippen LogP contribution in [0.2, 0.25) is 0 Å². The van der Waals surface area contributed by atoms with Gasteiger partial charge in [-0.1, -0.05) is 42.5 Å². The number of aryl methyl sites for hydroxylation is 1. The average molecular weight is 519 g/mol. The molecule has 1 spiro atoms. The van der Waals surface area contributed by atoms with Gasteiger partial charge in [0.15, 0.2) is 11.6 Å². The van der Waals surface area contributed by atoms with Crippen molar-refractivity contribution in [2.75, 3.05) is 33.4 Å². The maximum atomic E-state index is 14.5. The van der Waals surface area contributed by atoms with E-state index in [4.69, 9.17) is 14.6 Å². The van der Waals surface area contributed by atoms with Gasteiger partial charge >= 0.3 is 5.97 Å². The fourth-order valence-electron chi connectivity index (χ4n) is 5.82. The zero-order chi connectivity index (χ0) is 26.9. The maximum Gasteiger partial charge on any atom is 0.339 e. The molecule has 1 amide bonds. The zero-order valence-electron chi connectivity index (χ0n) is 21.5. The SMILES string of the molecule is COc1cc2c(cc1F)C(=O)O[C@@]21CCNC[C@@H]1c1ccc(-c2ccccc2CCNC(=O)CO)cc1C. The molecule has 2 heterocycles. The quantitative estimate of drug-likeness (QED) is 0.414. The lowest BCUT2D eigenvalue weighted by Gasteiger charge is -2.41. The molecule has 2 atom stereocenters. The first-order chi connectivity index (χ1) is 18.4. The Bertz CT molecular complexity index is 1390. The van der Waals surface area contributed by atoms with Crippen molar-refractivity contribution >= 4 is 11.9 Å². The Balaban J connectivity index is 1.50. The molecule has 3 N–H and O–H groups in total. The van der Waals surface area contributed by atoms with E-state index in [0.29, 0.717) is 38.0 Å². The van der Waals surface area contributed by atoms with Gasteiger partial charge in [0.2, 0.25) is 5.91 Å². The van der Waals surface area contributed by atoms with Crippen molar-refractivity contribution in [3.05, 3.63) is 88.2 Å². The third kappa shape index (κ3) is 4.54. The number of piperidine rings is 1. The van der Waals surface area contributed by atoms with Crippen LogP contribution in [0.3, 0.4) is 0 Å². The van der Waals surface area contributed by atoms with E-state index in [9.17, 15) is 14.0 Å². The lowest BCUT2D eigenvalue weighted by Crippen LogP contribution is -2.47. The number of carbonyl (C=O) groups excluding carboxylic acids is 2. The van der Waals surface area contributed by atoms with Gasteiger partial charge in [0.25, 0.3) is 0 Å². The standard InChI is InChI=1S/C30H31FN2O5/c1-18-13-20(22-6-4-3-5-19(22)9-11-33-28(35)17-34)7-8-21(18)25-16-32-12-10-30(25)24-15-27(37-2)26(31)14-23(24)29(36)38-30/h3-8,13-15,25,32,34H,9-12,16-17H2,1-2H3,(H,33,35)/t25-,30+/m1/s1. The second-order valence-corrected chi connectivity index (χ2v) is 9.80. The monoisotopic (exact) mass is 518 g/mol. The molecule has 3 aromatic rings. The molecule has 1 saturated heterocycles. The van der Waals surface area contributed by atoms with E-state index >= 15 is 0 Å². The third-order valence-electron chi connectivity index (χ3n) is 7.66. The van der Waals surface area contributed by atoms with Gasteiger partial charge < -0.3 is 25.2 Å². The number of fused-ring (bicyclic) bond motifs is 2. The van der Waals surface area contributed by atoms with E-state index in [1.54, 1.807) is 6.07 Å². The zero-order valence-corrected chi connectivity index (χ0v) is 21.5. The number of hydrogen-bond donors (Lipinski definition) is 3. The predicted molar refractivity (Wildman–Crippen MR) is 141 cm³/mol. The van der Waals surface area contributed by atoms with Gasteiger partial charge in [-0.3, -0.25) is 4.79 Å². The Morgan fingerprint density at radius 1 is 1.21 bits per heavy atom. The molecule has 5 rings (SSSR count). The van der Waals surface area contributed by atoms with Crippen molar-refractivity contribution in [1.29, 1.82) is 0 Å². The summed E-state index contributed by atoms with van der Waals surface area (Å²) in [5.41, 5.74) is 5.32. The third-order valence-corrected chi connectivity index (χ3v) is 7.66. The molecular weight excluding hydrogens is 487 g/mol. The summed E-state index contributed by atoms with van der Waals surface area (Å²) in [5.74, 6) is -1.56. The summed E-state index contributed by atoms with van der Waals surface area (Å²) >= 11 is 0. The molecule has 0 aliphatic carbocycles. The van der Waals surface area contributed by atoms with E-state index in [0.717, 1.165) is 27.8 Å². The highest BCUT2D eigenvalue weighted by atomic mass is 19.1. The van der Waals surface area contributed by atoms with E-state index in [1.807, 2.05) is 25.1 Å². The minimum Gasteiger partial charge on any atom is -0.494 e. The lowest BCUT2D eigenvalue weighted by atomic mass is 9.71. The summed E-state index contributed by atoms with van der Waals surface area (Å²) in [7, 11) is 1.41. The van der Waals surface area contributed by atoms with Crippen molar-refractivity contribution in [1.82, 2.24) is 10.6 Å². The van der Waals surface area contributed by atoms with E-state index in [2.05, 4.69) is 34.9 Å². The topological polar surface area (TPSA) is 96.9 Å². The number of aliphatic hydroxyl groups excluding tert-OH is 1. The highest BCUT2D eigenvalue weighted by molar-refractivity contribution is 5.95. The van der Waals surface area contributed by atoms with Crippen molar-refractivity contribution in [3.8, 4) is 16.9 Å². The van der Waals surface area contributed by atoms with Crippen LogP contribution in [0.5, 0.6) is 5.75 Å². The summed E-state index contributed by atoms with van der Waals surface area (Å²) in [6, 6.07) is 17.2. The number of hydrogen-bond acceptors (Lipinski definition) is 6. The molecule has 8 heteroatoms. The summed E-state index contributed by atoms with van der Waals surface area (Å²) < 4.78 is 25.8. The number of carbonyl (C=O) groups is 2. The first-order valence-electron chi connectivity index (χ1n) is 12.8. The highest BCUT2D eigenvalue weighted by Gasteiger charge is 2.53. The number of halogens is 1. The first kappa shape index (κ1) is 25.9. The molecule has 0 radical (unpaired) electrons. The smallest absolute Gasteiger partial charge is 0.339 e. The molecule has 3 aromatic carbocycles. The normalized spacial score (nSPS) is 20.2. The van der Waals surface area contributed by atoms with E-state index in [1.165, 1.54) is 13.2 Å². The number of esters is 1. The minimum absolute atomic E-state index is 0.0950. The first-order valence-corrected chi connectivity index (χ1v) is 12.8. The second kappa shape index (κ2) is 10.6. The molecule has 2 aliphatic heterocycles. The number of nitrogens with one attached hydrogen (secondary N) is 2. The molecular formula is C30H31FN2O5. The largest absolute Gasteiger partial charge is 0.494 e. The fourth-order valence-corrected chi connectivity index (χ4v) is 5.82. The second-order valence-electron chi connectivity index (χ2n) is 9.80. The molecule has 0 bridgehead atoms. The molecule has 7 nitrogen and oxygen atoms in total.